The Morgan fingerprint density at radius 1 is 1.56 bits per heavy atom. The Hall–Kier alpha value is -2.17. The van der Waals surface area contributed by atoms with E-state index in [1.54, 1.807) is 6.07 Å². The SMILES string of the molecule is COC(=O)/C=C/c1cc(N)c(C=O)c(C2CC2)n1. The summed E-state index contributed by atoms with van der Waals surface area (Å²) in [6.07, 6.45) is 5.60. The van der Waals surface area contributed by atoms with Crippen molar-refractivity contribution >= 4 is 24.0 Å². The number of carbonyl (C=O) groups is 2. The van der Waals surface area contributed by atoms with Gasteiger partial charge < -0.3 is 10.5 Å². The highest BCUT2D eigenvalue weighted by Crippen LogP contribution is 2.41. The van der Waals surface area contributed by atoms with E-state index in [1.165, 1.54) is 19.3 Å². The van der Waals surface area contributed by atoms with Crippen LogP contribution in [0.3, 0.4) is 0 Å². The van der Waals surface area contributed by atoms with E-state index in [-0.39, 0.29) is 0 Å². The Morgan fingerprint density at radius 3 is 2.83 bits per heavy atom. The third-order valence-electron chi connectivity index (χ3n) is 2.81. The molecule has 94 valence electrons. The minimum absolute atomic E-state index is 0.318. The highest BCUT2D eigenvalue weighted by molar-refractivity contribution is 5.88. The van der Waals surface area contributed by atoms with Crippen LogP contribution in [-0.4, -0.2) is 24.3 Å². The molecule has 0 amide bonds. The van der Waals surface area contributed by atoms with E-state index in [0.717, 1.165) is 24.8 Å². The molecule has 0 atom stereocenters. The fourth-order valence-corrected chi connectivity index (χ4v) is 1.72. The number of aldehydes is 1. The Labute approximate surface area is 105 Å². The molecular formula is C13H14N2O3. The average molecular weight is 246 g/mol. The van der Waals surface area contributed by atoms with Crippen LogP contribution >= 0.6 is 0 Å². The van der Waals surface area contributed by atoms with Crippen molar-refractivity contribution < 1.29 is 14.3 Å². The van der Waals surface area contributed by atoms with Gasteiger partial charge in [-0.05, 0) is 25.0 Å². The zero-order valence-corrected chi connectivity index (χ0v) is 10.1. The molecule has 0 unspecified atom stereocenters. The van der Waals surface area contributed by atoms with Crippen molar-refractivity contribution in [2.24, 2.45) is 0 Å². The number of hydrogen-bond acceptors (Lipinski definition) is 5. The number of ether oxygens (including phenoxy) is 1. The van der Waals surface area contributed by atoms with Gasteiger partial charge in [-0.1, -0.05) is 0 Å². The van der Waals surface area contributed by atoms with Crippen molar-refractivity contribution in [1.82, 2.24) is 4.98 Å². The molecule has 1 aliphatic rings. The van der Waals surface area contributed by atoms with E-state index in [9.17, 15) is 9.59 Å². The molecule has 0 spiro atoms. The molecule has 2 rings (SSSR count). The number of anilines is 1. The first-order valence-corrected chi connectivity index (χ1v) is 5.67. The maximum absolute atomic E-state index is 11.0. The first kappa shape index (κ1) is 12.3. The number of methoxy groups -OCH3 is 1. The predicted molar refractivity (Wildman–Crippen MR) is 67.1 cm³/mol. The summed E-state index contributed by atoms with van der Waals surface area (Å²) in [5.41, 5.74) is 7.97. The molecule has 1 aromatic heterocycles. The van der Waals surface area contributed by atoms with Gasteiger partial charge in [-0.15, -0.1) is 0 Å². The molecule has 1 saturated carbocycles. The topological polar surface area (TPSA) is 82.3 Å². The Bertz CT molecular complexity index is 519. The summed E-state index contributed by atoms with van der Waals surface area (Å²) in [7, 11) is 1.31. The third kappa shape index (κ3) is 2.56. The molecule has 18 heavy (non-hydrogen) atoms. The minimum atomic E-state index is -0.456. The van der Waals surface area contributed by atoms with Crippen molar-refractivity contribution in [2.75, 3.05) is 12.8 Å². The smallest absolute Gasteiger partial charge is 0.330 e. The van der Waals surface area contributed by atoms with E-state index in [1.807, 2.05) is 0 Å². The molecule has 1 heterocycles. The third-order valence-corrected chi connectivity index (χ3v) is 2.81. The standard InChI is InChI=1S/C13H14N2O3/c1-18-12(17)5-4-9-6-11(14)10(7-16)13(15-9)8-2-3-8/h4-8H,2-3H2,1H3,(H2,14,15)/b5-4+. The maximum atomic E-state index is 11.0. The maximum Gasteiger partial charge on any atom is 0.330 e. The molecule has 5 nitrogen and oxygen atoms in total. The highest BCUT2D eigenvalue weighted by Gasteiger charge is 2.28. The predicted octanol–water partition coefficient (Wildman–Crippen LogP) is 1.54. The summed E-state index contributed by atoms with van der Waals surface area (Å²) in [5.74, 6) is -0.137. The summed E-state index contributed by atoms with van der Waals surface area (Å²) in [6.45, 7) is 0. The summed E-state index contributed by atoms with van der Waals surface area (Å²) >= 11 is 0. The number of nitrogen functional groups attached to an aromatic ring is 1. The number of carbonyl (C=O) groups excluding carboxylic acids is 2. The average Bonchev–Trinajstić information content (AvgIpc) is 3.19. The van der Waals surface area contributed by atoms with Gasteiger partial charge in [0.15, 0.2) is 6.29 Å². The van der Waals surface area contributed by atoms with Crippen LogP contribution < -0.4 is 5.73 Å². The van der Waals surface area contributed by atoms with Gasteiger partial charge in [0.25, 0.3) is 0 Å². The summed E-state index contributed by atoms with van der Waals surface area (Å²) in [5, 5.41) is 0. The van der Waals surface area contributed by atoms with Crippen LogP contribution in [0.5, 0.6) is 0 Å². The second-order valence-corrected chi connectivity index (χ2v) is 4.18. The van der Waals surface area contributed by atoms with Crippen LogP contribution in [0.25, 0.3) is 6.08 Å². The van der Waals surface area contributed by atoms with Gasteiger partial charge in [0.2, 0.25) is 0 Å². The van der Waals surface area contributed by atoms with E-state index in [0.29, 0.717) is 22.9 Å². The van der Waals surface area contributed by atoms with E-state index < -0.39 is 5.97 Å². The van der Waals surface area contributed by atoms with Crippen LogP contribution in [0, 0.1) is 0 Å². The van der Waals surface area contributed by atoms with Crippen LogP contribution in [0.4, 0.5) is 5.69 Å². The Kier molecular flexibility index (Phi) is 3.41. The number of nitrogens with zero attached hydrogens (tertiary/aromatic N) is 1. The fraction of sp³-hybridized carbons (Fsp3) is 0.308. The van der Waals surface area contributed by atoms with Gasteiger partial charge >= 0.3 is 5.97 Å². The lowest BCUT2D eigenvalue weighted by molar-refractivity contribution is -0.134. The molecular weight excluding hydrogens is 232 g/mol. The zero-order valence-electron chi connectivity index (χ0n) is 10.1. The molecule has 5 heteroatoms. The molecule has 0 aliphatic heterocycles. The molecule has 0 bridgehead atoms. The molecule has 1 aliphatic carbocycles. The van der Waals surface area contributed by atoms with Gasteiger partial charge in [-0.25, -0.2) is 4.79 Å². The van der Waals surface area contributed by atoms with E-state index in [4.69, 9.17) is 5.73 Å². The van der Waals surface area contributed by atoms with Crippen molar-refractivity contribution in [3.63, 3.8) is 0 Å². The zero-order chi connectivity index (χ0) is 13.1. The van der Waals surface area contributed by atoms with Gasteiger partial charge in [0, 0.05) is 17.7 Å². The van der Waals surface area contributed by atoms with Crippen LogP contribution in [-0.2, 0) is 9.53 Å². The molecule has 0 radical (unpaired) electrons. The summed E-state index contributed by atoms with van der Waals surface area (Å²) in [4.78, 5) is 26.4. The largest absolute Gasteiger partial charge is 0.466 e. The highest BCUT2D eigenvalue weighted by atomic mass is 16.5. The van der Waals surface area contributed by atoms with Gasteiger partial charge in [0.1, 0.15) is 0 Å². The first-order valence-electron chi connectivity index (χ1n) is 5.67. The Balaban J connectivity index is 2.35. The Morgan fingerprint density at radius 2 is 2.28 bits per heavy atom. The molecule has 2 N–H and O–H groups in total. The summed E-state index contributed by atoms with van der Waals surface area (Å²) in [6, 6.07) is 1.58. The lowest BCUT2D eigenvalue weighted by atomic mass is 10.1. The number of esters is 1. The van der Waals surface area contributed by atoms with E-state index in [2.05, 4.69) is 9.72 Å². The van der Waals surface area contributed by atoms with Crippen LogP contribution in [0.2, 0.25) is 0 Å². The molecule has 1 aromatic rings. The number of rotatable bonds is 4. The van der Waals surface area contributed by atoms with Crippen molar-refractivity contribution in [1.29, 1.82) is 0 Å². The summed E-state index contributed by atoms with van der Waals surface area (Å²) < 4.78 is 4.50. The van der Waals surface area contributed by atoms with Gasteiger partial charge in [-0.2, -0.15) is 0 Å². The normalized spacial score (nSPS) is 14.7. The first-order chi connectivity index (χ1) is 8.65. The molecule has 0 saturated heterocycles. The lowest BCUT2D eigenvalue weighted by Gasteiger charge is -2.07. The van der Waals surface area contributed by atoms with Crippen molar-refractivity contribution in [3.05, 3.63) is 29.1 Å². The van der Waals surface area contributed by atoms with Crippen molar-refractivity contribution in [2.45, 2.75) is 18.8 Å². The lowest BCUT2D eigenvalue weighted by Crippen LogP contribution is -2.03. The van der Waals surface area contributed by atoms with Crippen molar-refractivity contribution in [3.8, 4) is 0 Å². The number of nitrogens with two attached hydrogens (primary N) is 1. The van der Waals surface area contributed by atoms with E-state index >= 15 is 0 Å². The second kappa shape index (κ2) is 5.00. The van der Waals surface area contributed by atoms with Gasteiger partial charge in [-0.3, -0.25) is 9.78 Å². The minimum Gasteiger partial charge on any atom is -0.466 e. The number of aromatic nitrogens is 1. The van der Waals surface area contributed by atoms with Crippen LogP contribution in [0.15, 0.2) is 12.1 Å². The fourth-order valence-electron chi connectivity index (χ4n) is 1.72. The quantitative estimate of drug-likeness (QED) is 0.495. The van der Waals surface area contributed by atoms with Crippen LogP contribution in [0.1, 0.15) is 40.5 Å². The monoisotopic (exact) mass is 246 g/mol. The second-order valence-electron chi connectivity index (χ2n) is 4.18. The molecule has 0 aromatic carbocycles. The molecule has 1 fully saturated rings. The number of pyridine rings is 1. The van der Waals surface area contributed by atoms with Gasteiger partial charge in [0.05, 0.1) is 24.1 Å². The number of hydrogen-bond donors (Lipinski definition) is 1.